The van der Waals surface area contributed by atoms with E-state index in [2.05, 4.69) is 37.3 Å². The first-order chi connectivity index (χ1) is 12.7. The van der Waals surface area contributed by atoms with E-state index in [0.717, 1.165) is 29.7 Å². The maximum atomic E-state index is 5.86. The maximum Gasteiger partial charge on any atom is 0.228 e. The Morgan fingerprint density at radius 2 is 2.08 bits per heavy atom. The molecule has 4 aromatic rings. The van der Waals surface area contributed by atoms with Gasteiger partial charge in [-0.1, -0.05) is 6.92 Å². The summed E-state index contributed by atoms with van der Waals surface area (Å²) in [5.74, 6) is 1.09. The minimum atomic E-state index is 0.166. The predicted molar refractivity (Wildman–Crippen MR) is 98.3 cm³/mol. The summed E-state index contributed by atoms with van der Waals surface area (Å²) in [5, 5.41) is 7.65. The predicted octanol–water partition coefficient (Wildman–Crippen LogP) is 1.99. The van der Waals surface area contributed by atoms with Crippen molar-refractivity contribution < 1.29 is 0 Å². The van der Waals surface area contributed by atoms with Crippen LogP contribution < -0.4 is 11.1 Å². The fourth-order valence-electron chi connectivity index (χ4n) is 2.67. The van der Waals surface area contributed by atoms with Gasteiger partial charge in [0.1, 0.15) is 0 Å². The van der Waals surface area contributed by atoms with Gasteiger partial charge in [0.05, 0.1) is 30.3 Å². The summed E-state index contributed by atoms with van der Waals surface area (Å²) in [4.78, 5) is 17.0. The lowest BCUT2D eigenvalue weighted by molar-refractivity contribution is 0.595. The second-order valence-corrected chi connectivity index (χ2v) is 5.91. The van der Waals surface area contributed by atoms with Crippen LogP contribution in [0.4, 0.5) is 11.9 Å². The summed E-state index contributed by atoms with van der Waals surface area (Å²) in [6.07, 6.45) is 8.44. The number of nitrogens with two attached hydrogens (primary N) is 1. The van der Waals surface area contributed by atoms with Crippen molar-refractivity contribution in [1.29, 1.82) is 0 Å². The summed E-state index contributed by atoms with van der Waals surface area (Å²) in [7, 11) is 0. The largest absolute Gasteiger partial charge is 0.368 e. The van der Waals surface area contributed by atoms with Gasteiger partial charge in [-0.15, -0.1) is 0 Å². The molecule has 0 unspecified atom stereocenters. The molecule has 0 aliphatic carbocycles. The number of hydrogen-bond acceptors (Lipinski definition) is 7. The first-order valence-electron chi connectivity index (χ1n) is 8.41. The van der Waals surface area contributed by atoms with Crippen LogP contribution in [0.1, 0.15) is 19.0 Å². The molecule has 0 aliphatic heterocycles. The molecule has 0 saturated heterocycles. The number of rotatable bonds is 6. The van der Waals surface area contributed by atoms with Crippen LogP contribution in [-0.4, -0.2) is 34.1 Å². The standard InChI is InChI=1S/C17H19N9/c1-2-6-26-7-5-13(24-26)8-20-17-22-15(21-16(18)23-17)12-3-4-14-9-19-11-25(14)10-12/h3-5,7,9-11H,2,6,8H2,1H3,(H3,18,20,21,22,23). The highest BCUT2D eigenvalue weighted by Gasteiger charge is 2.09. The lowest BCUT2D eigenvalue weighted by Crippen LogP contribution is -2.09. The maximum absolute atomic E-state index is 5.86. The molecule has 0 aromatic carbocycles. The van der Waals surface area contributed by atoms with E-state index in [-0.39, 0.29) is 5.95 Å². The van der Waals surface area contributed by atoms with E-state index in [1.165, 1.54) is 0 Å². The molecule has 132 valence electrons. The number of imidazole rings is 1. The number of aryl methyl sites for hydroxylation is 1. The molecule has 0 atom stereocenters. The molecular formula is C17H19N9. The number of fused-ring (bicyclic) bond motifs is 1. The lowest BCUT2D eigenvalue weighted by atomic mass is 10.2. The molecule has 4 heterocycles. The number of pyridine rings is 1. The monoisotopic (exact) mass is 349 g/mol. The normalized spacial score (nSPS) is 11.1. The number of nitrogens with one attached hydrogen (secondary N) is 1. The van der Waals surface area contributed by atoms with Crippen molar-refractivity contribution in [2.75, 3.05) is 11.1 Å². The Balaban J connectivity index is 1.55. The van der Waals surface area contributed by atoms with Crippen molar-refractivity contribution in [3.63, 3.8) is 0 Å². The van der Waals surface area contributed by atoms with Crippen LogP contribution in [0.25, 0.3) is 16.9 Å². The summed E-state index contributed by atoms with van der Waals surface area (Å²) >= 11 is 0. The van der Waals surface area contributed by atoms with Gasteiger partial charge in [0.25, 0.3) is 0 Å². The molecule has 4 rings (SSSR count). The Labute approximate surface area is 149 Å². The third-order valence-corrected chi connectivity index (χ3v) is 3.89. The Morgan fingerprint density at radius 1 is 1.15 bits per heavy atom. The van der Waals surface area contributed by atoms with E-state index in [1.807, 2.05) is 39.7 Å². The van der Waals surface area contributed by atoms with E-state index < -0.39 is 0 Å². The summed E-state index contributed by atoms with van der Waals surface area (Å²) in [6, 6.07) is 5.86. The molecule has 0 fully saturated rings. The number of aromatic nitrogens is 7. The number of nitrogen functional groups attached to an aromatic ring is 1. The van der Waals surface area contributed by atoms with Crippen LogP contribution in [0, 0.1) is 0 Å². The topological polar surface area (TPSA) is 112 Å². The molecular weight excluding hydrogens is 330 g/mol. The van der Waals surface area contributed by atoms with Crippen LogP contribution >= 0.6 is 0 Å². The van der Waals surface area contributed by atoms with Gasteiger partial charge in [-0.25, -0.2) is 4.98 Å². The van der Waals surface area contributed by atoms with Crippen molar-refractivity contribution in [3.05, 3.63) is 48.8 Å². The lowest BCUT2D eigenvalue weighted by Gasteiger charge is -2.07. The van der Waals surface area contributed by atoms with Gasteiger partial charge in [0, 0.05) is 24.5 Å². The second-order valence-electron chi connectivity index (χ2n) is 5.91. The summed E-state index contributed by atoms with van der Waals surface area (Å²) in [6.45, 7) is 3.54. The minimum Gasteiger partial charge on any atom is -0.368 e. The number of hydrogen-bond donors (Lipinski definition) is 2. The van der Waals surface area contributed by atoms with Gasteiger partial charge in [0.15, 0.2) is 5.82 Å². The average Bonchev–Trinajstić information content (AvgIpc) is 3.28. The van der Waals surface area contributed by atoms with Crippen LogP contribution in [-0.2, 0) is 13.1 Å². The van der Waals surface area contributed by atoms with E-state index in [0.29, 0.717) is 18.3 Å². The van der Waals surface area contributed by atoms with Crippen molar-refractivity contribution >= 4 is 17.4 Å². The number of nitrogens with zero attached hydrogens (tertiary/aromatic N) is 7. The zero-order chi connectivity index (χ0) is 17.9. The summed E-state index contributed by atoms with van der Waals surface area (Å²) < 4.78 is 3.83. The first-order valence-corrected chi connectivity index (χ1v) is 8.41. The molecule has 9 nitrogen and oxygen atoms in total. The van der Waals surface area contributed by atoms with Crippen LogP contribution in [0.3, 0.4) is 0 Å². The molecule has 0 amide bonds. The molecule has 4 aromatic heterocycles. The smallest absolute Gasteiger partial charge is 0.228 e. The van der Waals surface area contributed by atoms with Crippen molar-refractivity contribution in [2.24, 2.45) is 0 Å². The molecule has 0 saturated carbocycles. The molecule has 3 N–H and O–H groups in total. The zero-order valence-corrected chi connectivity index (χ0v) is 14.4. The first kappa shape index (κ1) is 16.0. The van der Waals surface area contributed by atoms with Crippen LogP contribution in [0.5, 0.6) is 0 Å². The second kappa shape index (κ2) is 6.79. The van der Waals surface area contributed by atoms with E-state index in [9.17, 15) is 0 Å². The van der Waals surface area contributed by atoms with Gasteiger partial charge in [0.2, 0.25) is 11.9 Å². The molecule has 0 bridgehead atoms. The third kappa shape index (κ3) is 3.32. The minimum absolute atomic E-state index is 0.166. The van der Waals surface area contributed by atoms with E-state index in [4.69, 9.17) is 5.73 Å². The Morgan fingerprint density at radius 3 is 2.96 bits per heavy atom. The Kier molecular flexibility index (Phi) is 4.18. The highest BCUT2D eigenvalue weighted by atomic mass is 15.3. The fourth-order valence-corrected chi connectivity index (χ4v) is 2.67. The van der Waals surface area contributed by atoms with Crippen LogP contribution in [0.15, 0.2) is 43.1 Å². The molecule has 0 radical (unpaired) electrons. The average molecular weight is 349 g/mol. The highest BCUT2D eigenvalue weighted by Crippen LogP contribution is 2.18. The van der Waals surface area contributed by atoms with Crippen molar-refractivity contribution in [2.45, 2.75) is 26.4 Å². The SMILES string of the molecule is CCCn1ccc(CNc2nc(N)nc(-c3ccc4cncn4c3)n2)n1. The molecule has 9 heteroatoms. The summed E-state index contributed by atoms with van der Waals surface area (Å²) in [5.41, 5.74) is 8.61. The van der Waals surface area contributed by atoms with Gasteiger partial charge >= 0.3 is 0 Å². The molecule has 0 aliphatic rings. The van der Waals surface area contributed by atoms with E-state index >= 15 is 0 Å². The quantitative estimate of drug-likeness (QED) is 0.547. The highest BCUT2D eigenvalue weighted by molar-refractivity contribution is 5.60. The Bertz CT molecular complexity index is 1030. The van der Waals surface area contributed by atoms with Gasteiger partial charge in [-0.05, 0) is 24.6 Å². The van der Waals surface area contributed by atoms with Crippen LogP contribution in [0.2, 0.25) is 0 Å². The third-order valence-electron chi connectivity index (χ3n) is 3.89. The fraction of sp³-hybridized carbons (Fsp3) is 0.235. The van der Waals surface area contributed by atoms with Gasteiger partial charge in [-0.2, -0.15) is 20.1 Å². The number of anilines is 2. The van der Waals surface area contributed by atoms with Crippen molar-refractivity contribution in [3.8, 4) is 11.4 Å². The van der Waals surface area contributed by atoms with E-state index in [1.54, 1.807) is 12.5 Å². The van der Waals surface area contributed by atoms with Gasteiger partial charge < -0.3 is 15.5 Å². The zero-order valence-electron chi connectivity index (χ0n) is 14.4. The Hall–Kier alpha value is -3.49. The molecule has 0 spiro atoms. The van der Waals surface area contributed by atoms with Gasteiger partial charge in [-0.3, -0.25) is 4.68 Å². The molecule has 26 heavy (non-hydrogen) atoms. The van der Waals surface area contributed by atoms with Crippen molar-refractivity contribution in [1.82, 2.24) is 34.1 Å².